The average Bonchev–Trinajstić information content (AvgIpc) is 2.69. The Balaban J connectivity index is 2.73. The van der Waals surface area contributed by atoms with Crippen LogP contribution in [-0.4, -0.2) is 24.0 Å². The molecule has 0 aliphatic carbocycles. The molecule has 0 bridgehead atoms. The summed E-state index contributed by atoms with van der Waals surface area (Å²) in [6.45, 7) is 0. The second kappa shape index (κ2) is 4.78. The smallest absolute Gasteiger partial charge is 0.170 e. The van der Waals surface area contributed by atoms with Crippen LogP contribution in [0.1, 0.15) is 0 Å². The van der Waals surface area contributed by atoms with Gasteiger partial charge in [0.15, 0.2) is 11.5 Å². The summed E-state index contributed by atoms with van der Waals surface area (Å²) in [7, 11) is 4.89. The second-order valence-electron chi connectivity index (χ2n) is 3.72. The van der Waals surface area contributed by atoms with Crippen molar-refractivity contribution >= 4 is 17.4 Å². The molecule has 0 unspecified atom stereocenters. The Kier molecular flexibility index (Phi) is 3.34. The van der Waals surface area contributed by atoms with Gasteiger partial charge in [0, 0.05) is 12.6 Å². The molecule has 0 amide bonds. The summed E-state index contributed by atoms with van der Waals surface area (Å²) in [5.41, 5.74) is 7.37. The lowest BCUT2D eigenvalue weighted by atomic mass is 10.1. The zero-order valence-electron chi connectivity index (χ0n) is 10.4. The molecule has 96 valence electrons. The highest BCUT2D eigenvalue weighted by Crippen LogP contribution is 2.44. The van der Waals surface area contributed by atoms with Crippen molar-refractivity contribution in [3.63, 3.8) is 0 Å². The Labute approximate surface area is 110 Å². The molecule has 2 aromatic rings. The molecule has 2 N–H and O–H groups in total. The number of nitrogen functional groups attached to an aromatic ring is 1. The van der Waals surface area contributed by atoms with Crippen LogP contribution in [0.5, 0.6) is 11.5 Å². The third-order valence-corrected chi connectivity index (χ3v) is 3.06. The molecular formula is C12H14ClN3O2. The maximum Gasteiger partial charge on any atom is 0.170 e. The van der Waals surface area contributed by atoms with Gasteiger partial charge >= 0.3 is 0 Å². The van der Waals surface area contributed by atoms with E-state index in [-0.39, 0.29) is 0 Å². The molecule has 0 atom stereocenters. The zero-order chi connectivity index (χ0) is 13.3. The number of benzene rings is 1. The molecule has 0 aliphatic heterocycles. The molecule has 1 heterocycles. The highest BCUT2D eigenvalue weighted by molar-refractivity contribution is 6.34. The Morgan fingerprint density at radius 2 is 2.00 bits per heavy atom. The van der Waals surface area contributed by atoms with E-state index < -0.39 is 0 Å². The lowest BCUT2D eigenvalue weighted by Gasteiger charge is -2.13. The number of ether oxygens (including phenoxy) is 2. The molecule has 1 aromatic heterocycles. The molecule has 0 aliphatic rings. The zero-order valence-corrected chi connectivity index (χ0v) is 11.2. The van der Waals surface area contributed by atoms with E-state index in [4.69, 9.17) is 26.8 Å². The fourth-order valence-electron chi connectivity index (χ4n) is 1.79. The number of anilines is 1. The van der Waals surface area contributed by atoms with E-state index in [0.29, 0.717) is 27.9 Å². The molecule has 2 rings (SSSR count). The van der Waals surface area contributed by atoms with Gasteiger partial charge in [-0.15, -0.1) is 0 Å². The van der Waals surface area contributed by atoms with Crippen molar-refractivity contribution in [1.29, 1.82) is 0 Å². The van der Waals surface area contributed by atoms with Crippen LogP contribution in [0.4, 0.5) is 5.82 Å². The van der Waals surface area contributed by atoms with Gasteiger partial charge in [0.1, 0.15) is 5.82 Å². The minimum atomic E-state index is 0.517. The Hall–Kier alpha value is -1.88. The lowest BCUT2D eigenvalue weighted by molar-refractivity contribution is 0.356. The third kappa shape index (κ3) is 1.86. The second-order valence-corrected chi connectivity index (χ2v) is 4.13. The van der Waals surface area contributed by atoms with Crippen molar-refractivity contribution < 1.29 is 9.47 Å². The number of rotatable bonds is 3. The van der Waals surface area contributed by atoms with Gasteiger partial charge in [-0.2, -0.15) is 5.10 Å². The summed E-state index contributed by atoms with van der Waals surface area (Å²) in [5, 5.41) is 4.64. The molecule has 0 saturated carbocycles. The Morgan fingerprint density at radius 1 is 1.28 bits per heavy atom. The first-order chi connectivity index (χ1) is 8.60. The summed E-state index contributed by atoms with van der Waals surface area (Å²) in [4.78, 5) is 0. The minimum Gasteiger partial charge on any atom is -0.493 e. The summed E-state index contributed by atoms with van der Waals surface area (Å²) in [5.74, 6) is 1.66. The summed E-state index contributed by atoms with van der Waals surface area (Å²) in [6, 6.07) is 3.49. The SMILES string of the molecule is COc1ccc(Cl)c(-c2cnn(C)c2N)c1OC. The maximum atomic E-state index is 6.22. The monoisotopic (exact) mass is 267 g/mol. The standard InChI is InChI=1S/C12H14ClN3O2/c1-16-12(14)7(6-15-16)10-8(13)4-5-9(17-2)11(10)18-3/h4-6H,14H2,1-3H3. The Morgan fingerprint density at radius 3 is 2.50 bits per heavy atom. The molecule has 0 fully saturated rings. The fourth-order valence-corrected chi connectivity index (χ4v) is 2.04. The molecule has 18 heavy (non-hydrogen) atoms. The van der Waals surface area contributed by atoms with Gasteiger partial charge in [-0.25, -0.2) is 0 Å². The van der Waals surface area contributed by atoms with Crippen molar-refractivity contribution in [1.82, 2.24) is 9.78 Å². The van der Waals surface area contributed by atoms with Gasteiger partial charge in [0.05, 0.1) is 31.0 Å². The average molecular weight is 268 g/mol. The Bertz CT molecular complexity index is 581. The van der Waals surface area contributed by atoms with Crippen LogP contribution in [0.3, 0.4) is 0 Å². The van der Waals surface area contributed by atoms with Crippen LogP contribution in [0, 0.1) is 0 Å². The first-order valence-electron chi connectivity index (χ1n) is 5.28. The number of aromatic nitrogens is 2. The first-order valence-corrected chi connectivity index (χ1v) is 5.66. The van der Waals surface area contributed by atoms with Crippen molar-refractivity contribution in [2.24, 2.45) is 7.05 Å². The van der Waals surface area contributed by atoms with Crippen LogP contribution in [0.25, 0.3) is 11.1 Å². The number of nitrogens with zero attached hydrogens (tertiary/aromatic N) is 2. The quantitative estimate of drug-likeness (QED) is 0.927. The van der Waals surface area contributed by atoms with Crippen molar-refractivity contribution in [2.45, 2.75) is 0 Å². The van der Waals surface area contributed by atoms with E-state index in [0.717, 1.165) is 5.56 Å². The van der Waals surface area contributed by atoms with Crippen molar-refractivity contribution in [3.8, 4) is 22.6 Å². The van der Waals surface area contributed by atoms with Gasteiger partial charge in [0.2, 0.25) is 0 Å². The van der Waals surface area contributed by atoms with Crippen molar-refractivity contribution in [3.05, 3.63) is 23.4 Å². The highest BCUT2D eigenvalue weighted by Gasteiger charge is 2.19. The van der Waals surface area contributed by atoms with Crippen LogP contribution in [0.2, 0.25) is 5.02 Å². The predicted molar refractivity (Wildman–Crippen MR) is 71.2 cm³/mol. The molecule has 5 nitrogen and oxygen atoms in total. The largest absolute Gasteiger partial charge is 0.493 e. The van der Waals surface area contributed by atoms with Crippen LogP contribution in [-0.2, 0) is 7.05 Å². The maximum absolute atomic E-state index is 6.22. The van der Waals surface area contributed by atoms with E-state index in [1.165, 1.54) is 0 Å². The van der Waals surface area contributed by atoms with E-state index in [9.17, 15) is 0 Å². The van der Waals surface area contributed by atoms with Gasteiger partial charge in [-0.3, -0.25) is 4.68 Å². The van der Waals surface area contributed by atoms with E-state index in [1.54, 1.807) is 44.3 Å². The number of halogens is 1. The molecular weight excluding hydrogens is 254 g/mol. The third-order valence-electron chi connectivity index (χ3n) is 2.75. The van der Waals surface area contributed by atoms with Crippen molar-refractivity contribution in [2.75, 3.05) is 20.0 Å². The normalized spacial score (nSPS) is 10.4. The van der Waals surface area contributed by atoms with Gasteiger partial charge in [-0.1, -0.05) is 11.6 Å². The van der Waals surface area contributed by atoms with Crippen LogP contribution < -0.4 is 15.2 Å². The molecule has 0 saturated heterocycles. The van der Waals surface area contributed by atoms with E-state index in [2.05, 4.69) is 5.10 Å². The molecule has 0 spiro atoms. The van der Waals surface area contributed by atoms with E-state index in [1.807, 2.05) is 0 Å². The van der Waals surface area contributed by atoms with Crippen LogP contribution >= 0.6 is 11.6 Å². The summed E-state index contributed by atoms with van der Waals surface area (Å²) in [6.07, 6.45) is 1.65. The number of hydrogen-bond acceptors (Lipinski definition) is 4. The van der Waals surface area contributed by atoms with Crippen LogP contribution in [0.15, 0.2) is 18.3 Å². The van der Waals surface area contributed by atoms with Gasteiger partial charge in [-0.05, 0) is 12.1 Å². The molecule has 0 radical (unpaired) electrons. The van der Waals surface area contributed by atoms with Gasteiger partial charge < -0.3 is 15.2 Å². The first kappa shape index (κ1) is 12.6. The summed E-state index contributed by atoms with van der Waals surface area (Å²) < 4.78 is 12.2. The predicted octanol–water partition coefficient (Wildman–Crippen LogP) is 2.34. The molecule has 6 heteroatoms. The topological polar surface area (TPSA) is 62.3 Å². The number of hydrogen-bond donors (Lipinski definition) is 1. The summed E-state index contributed by atoms with van der Waals surface area (Å²) >= 11 is 6.22. The van der Waals surface area contributed by atoms with Gasteiger partial charge in [0.25, 0.3) is 0 Å². The number of aryl methyl sites for hydroxylation is 1. The lowest BCUT2D eigenvalue weighted by Crippen LogP contribution is -1.99. The molecule has 1 aromatic carbocycles. The van der Waals surface area contributed by atoms with E-state index >= 15 is 0 Å². The fraction of sp³-hybridized carbons (Fsp3) is 0.250. The number of methoxy groups -OCH3 is 2. The minimum absolute atomic E-state index is 0.517. The highest BCUT2D eigenvalue weighted by atomic mass is 35.5. The number of nitrogens with two attached hydrogens (primary N) is 1.